The molecule has 0 spiro atoms. The molecule has 0 radical (unpaired) electrons. The second kappa shape index (κ2) is 5.64. The molecule has 0 aliphatic heterocycles. The van der Waals surface area contributed by atoms with Crippen molar-refractivity contribution >= 4 is 15.9 Å². The van der Waals surface area contributed by atoms with Gasteiger partial charge in [-0.2, -0.15) is 0 Å². The minimum atomic E-state index is 0.169. The van der Waals surface area contributed by atoms with E-state index in [-0.39, 0.29) is 6.04 Å². The molecule has 0 aliphatic rings. The Kier molecular flexibility index (Phi) is 4.77. The molecular formula is C12H19BrN2. The number of nitrogens with one attached hydrogen (secondary N) is 1. The Morgan fingerprint density at radius 3 is 2.13 bits per heavy atom. The van der Waals surface area contributed by atoms with Crippen molar-refractivity contribution in [2.45, 2.75) is 38.9 Å². The molecular weight excluding hydrogens is 252 g/mol. The Morgan fingerprint density at radius 2 is 1.67 bits per heavy atom. The molecule has 0 amide bonds. The maximum Gasteiger partial charge on any atom is 0.0294 e. The van der Waals surface area contributed by atoms with Gasteiger partial charge in [0.2, 0.25) is 0 Å². The summed E-state index contributed by atoms with van der Waals surface area (Å²) in [7, 11) is 0. The monoisotopic (exact) mass is 270 g/mol. The van der Waals surface area contributed by atoms with Gasteiger partial charge in [-0.25, -0.2) is 0 Å². The summed E-state index contributed by atoms with van der Waals surface area (Å²) in [6.07, 6.45) is 0. The molecule has 0 bridgehead atoms. The highest BCUT2D eigenvalue weighted by Crippen LogP contribution is 2.17. The lowest BCUT2D eigenvalue weighted by Gasteiger charge is -2.23. The number of halogens is 1. The van der Waals surface area contributed by atoms with Gasteiger partial charge in [0.1, 0.15) is 0 Å². The fourth-order valence-corrected chi connectivity index (χ4v) is 1.66. The molecule has 3 unspecified atom stereocenters. The Hall–Kier alpha value is -0.380. The lowest BCUT2D eigenvalue weighted by Crippen LogP contribution is -2.41. The quantitative estimate of drug-likeness (QED) is 0.883. The highest BCUT2D eigenvalue weighted by molar-refractivity contribution is 9.10. The van der Waals surface area contributed by atoms with Gasteiger partial charge in [-0.05, 0) is 38.5 Å². The molecule has 3 atom stereocenters. The Bertz CT molecular complexity index is 295. The standard InChI is InChI=1S/C12H19BrN2/c1-8(14)9(2)15-10(3)11-4-6-12(13)7-5-11/h4-10,15H,14H2,1-3H3. The molecule has 2 nitrogen and oxygen atoms in total. The fraction of sp³-hybridized carbons (Fsp3) is 0.500. The van der Waals surface area contributed by atoms with Crippen molar-refractivity contribution in [3.63, 3.8) is 0 Å². The predicted octanol–water partition coefficient (Wildman–Crippen LogP) is 2.84. The molecule has 3 N–H and O–H groups in total. The van der Waals surface area contributed by atoms with Crippen molar-refractivity contribution in [3.05, 3.63) is 34.3 Å². The normalized spacial score (nSPS) is 17.1. The smallest absolute Gasteiger partial charge is 0.0294 e. The van der Waals surface area contributed by atoms with Crippen LogP contribution in [0.3, 0.4) is 0 Å². The van der Waals surface area contributed by atoms with Gasteiger partial charge in [0.25, 0.3) is 0 Å². The molecule has 1 aromatic carbocycles. The Balaban J connectivity index is 2.61. The highest BCUT2D eigenvalue weighted by Gasteiger charge is 2.11. The molecule has 84 valence electrons. The predicted molar refractivity (Wildman–Crippen MR) is 68.8 cm³/mol. The lowest BCUT2D eigenvalue weighted by molar-refractivity contribution is 0.430. The van der Waals surface area contributed by atoms with Gasteiger partial charge in [0.15, 0.2) is 0 Å². The van der Waals surface area contributed by atoms with Crippen molar-refractivity contribution in [2.75, 3.05) is 0 Å². The molecule has 0 fully saturated rings. The van der Waals surface area contributed by atoms with Gasteiger partial charge in [-0.3, -0.25) is 0 Å². The van der Waals surface area contributed by atoms with Crippen LogP contribution in [-0.2, 0) is 0 Å². The SMILES string of the molecule is CC(NC(C)C(C)N)c1ccc(Br)cc1. The van der Waals surface area contributed by atoms with Gasteiger partial charge in [0, 0.05) is 22.6 Å². The van der Waals surface area contributed by atoms with E-state index in [1.807, 2.05) is 6.92 Å². The van der Waals surface area contributed by atoms with Crippen LogP contribution in [0.5, 0.6) is 0 Å². The number of hydrogen-bond donors (Lipinski definition) is 2. The molecule has 0 heterocycles. The Morgan fingerprint density at radius 1 is 1.13 bits per heavy atom. The van der Waals surface area contributed by atoms with E-state index in [0.717, 1.165) is 4.47 Å². The lowest BCUT2D eigenvalue weighted by atomic mass is 10.1. The van der Waals surface area contributed by atoms with E-state index in [0.29, 0.717) is 12.1 Å². The number of benzene rings is 1. The number of rotatable bonds is 4. The zero-order valence-corrected chi connectivity index (χ0v) is 11.1. The van der Waals surface area contributed by atoms with Gasteiger partial charge in [0.05, 0.1) is 0 Å². The third kappa shape index (κ3) is 3.93. The van der Waals surface area contributed by atoms with E-state index in [1.165, 1.54) is 5.56 Å². The largest absolute Gasteiger partial charge is 0.327 e. The summed E-state index contributed by atoms with van der Waals surface area (Å²) in [5.74, 6) is 0. The molecule has 1 aromatic rings. The van der Waals surface area contributed by atoms with Crippen molar-refractivity contribution in [2.24, 2.45) is 5.73 Å². The molecule has 0 aliphatic carbocycles. The molecule has 15 heavy (non-hydrogen) atoms. The fourth-order valence-electron chi connectivity index (χ4n) is 1.39. The number of hydrogen-bond acceptors (Lipinski definition) is 2. The highest BCUT2D eigenvalue weighted by atomic mass is 79.9. The molecule has 0 aromatic heterocycles. The third-order valence-electron chi connectivity index (χ3n) is 2.67. The van der Waals surface area contributed by atoms with Crippen LogP contribution in [0.15, 0.2) is 28.7 Å². The van der Waals surface area contributed by atoms with Crippen LogP contribution >= 0.6 is 15.9 Å². The first-order valence-corrected chi connectivity index (χ1v) is 6.07. The van der Waals surface area contributed by atoms with Gasteiger partial charge in [-0.1, -0.05) is 28.1 Å². The van der Waals surface area contributed by atoms with Crippen LogP contribution in [0.2, 0.25) is 0 Å². The van der Waals surface area contributed by atoms with Crippen molar-refractivity contribution < 1.29 is 0 Å². The second-order valence-electron chi connectivity index (χ2n) is 4.09. The van der Waals surface area contributed by atoms with Crippen LogP contribution in [0, 0.1) is 0 Å². The zero-order valence-electron chi connectivity index (χ0n) is 9.50. The van der Waals surface area contributed by atoms with E-state index >= 15 is 0 Å². The maximum atomic E-state index is 5.82. The van der Waals surface area contributed by atoms with E-state index < -0.39 is 0 Å². The second-order valence-corrected chi connectivity index (χ2v) is 5.00. The van der Waals surface area contributed by atoms with Crippen LogP contribution in [0.4, 0.5) is 0 Å². The van der Waals surface area contributed by atoms with Crippen molar-refractivity contribution in [1.82, 2.24) is 5.32 Å². The first-order chi connectivity index (χ1) is 7.00. The minimum absolute atomic E-state index is 0.169. The van der Waals surface area contributed by atoms with Gasteiger partial charge >= 0.3 is 0 Å². The summed E-state index contributed by atoms with van der Waals surface area (Å²) in [5, 5.41) is 3.47. The molecule has 3 heteroatoms. The molecule has 1 rings (SSSR count). The average molecular weight is 271 g/mol. The Labute approximate surface area is 100 Å². The van der Waals surface area contributed by atoms with Crippen molar-refractivity contribution in [3.8, 4) is 0 Å². The topological polar surface area (TPSA) is 38.0 Å². The van der Waals surface area contributed by atoms with Crippen LogP contribution in [0.25, 0.3) is 0 Å². The summed E-state index contributed by atoms with van der Waals surface area (Å²) in [5.41, 5.74) is 7.10. The van der Waals surface area contributed by atoms with Crippen LogP contribution in [0.1, 0.15) is 32.4 Å². The van der Waals surface area contributed by atoms with Crippen LogP contribution < -0.4 is 11.1 Å². The van der Waals surface area contributed by atoms with Crippen molar-refractivity contribution in [1.29, 1.82) is 0 Å². The summed E-state index contributed by atoms with van der Waals surface area (Å²) >= 11 is 3.43. The average Bonchev–Trinajstić information content (AvgIpc) is 2.18. The minimum Gasteiger partial charge on any atom is -0.327 e. The summed E-state index contributed by atoms with van der Waals surface area (Å²) in [4.78, 5) is 0. The summed E-state index contributed by atoms with van der Waals surface area (Å²) in [6.45, 7) is 6.29. The van der Waals surface area contributed by atoms with E-state index in [4.69, 9.17) is 5.73 Å². The molecule has 0 saturated heterocycles. The zero-order chi connectivity index (χ0) is 11.4. The third-order valence-corrected chi connectivity index (χ3v) is 3.20. The van der Waals surface area contributed by atoms with Crippen LogP contribution in [-0.4, -0.2) is 12.1 Å². The van der Waals surface area contributed by atoms with Gasteiger partial charge in [-0.15, -0.1) is 0 Å². The van der Waals surface area contributed by atoms with E-state index in [1.54, 1.807) is 0 Å². The first-order valence-electron chi connectivity index (χ1n) is 5.28. The number of nitrogens with two attached hydrogens (primary N) is 1. The van der Waals surface area contributed by atoms with E-state index in [9.17, 15) is 0 Å². The van der Waals surface area contributed by atoms with Gasteiger partial charge < -0.3 is 11.1 Å². The maximum absolute atomic E-state index is 5.82. The summed E-state index contributed by atoms with van der Waals surface area (Å²) in [6, 6.07) is 9.19. The summed E-state index contributed by atoms with van der Waals surface area (Å²) < 4.78 is 1.11. The molecule has 0 saturated carbocycles. The van der Waals surface area contributed by atoms with E-state index in [2.05, 4.69) is 59.4 Å². The first kappa shape index (κ1) is 12.7.